The van der Waals surface area contributed by atoms with Crippen molar-refractivity contribution in [2.75, 3.05) is 0 Å². The van der Waals surface area contributed by atoms with Crippen LogP contribution in [0.3, 0.4) is 0 Å². The first-order valence-electron chi connectivity index (χ1n) is 12.6. The number of rotatable bonds is 4. The minimum Gasteiger partial charge on any atom is -0.454 e. The Kier molecular flexibility index (Phi) is 5.45. The summed E-state index contributed by atoms with van der Waals surface area (Å²) in [5.74, 6) is -0.272. The lowest BCUT2D eigenvalue weighted by Crippen LogP contribution is -2.30. The summed E-state index contributed by atoms with van der Waals surface area (Å²) in [6.07, 6.45) is 2.03. The number of benzene rings is 4. The largest absolute Gasteiger partial charge is 0.454 e. The summed E-state index contributed by atoms with van der Waals surface area (Å²) in [6, 6.07) is 32.3. The van der Waals surface area contributed by atoms with Gasteiger partial charge in [-0.3, -0.25) is 0 Å². The highest BCUT2D eigenvalue weighted by Crippen LogP contribution is 2.41. The molecule has 0 N–H and O–H groups in total. The number of hydrogen-bond donors (Lipinski definition) is 0. The molecule has 2 nitrogen and oxygen atoms in total. The molecule has 0 radical (unpaired) electrons. The predicted octanol–water partition coefficient (Wildman–Crippen LogP) is 8.52. The maximum Gasteiger partial charge on any atom is 0.216 e. The molecule has 4 aromatic carbocycles. The molecule has 3 heteroatoms. The van der Waals surface area contributed by atoms with Gasteiger partial charge in [0, 0.05) is 33.9 Å². The number of aryl methyl sites for hydroxylation is 2. The Bertz CT molecular complexity index is 1760. The first-order valence-corrected chi connectivity index (χ1v) is 12.6. The third kappa shape index (κ3) is 3.82. The Balaban J connectivity index is 1.53. The maximum absolute atomic E-state index is 15.0. The fourth-order valence-corrected chi connectivity index (χ4v) is 5.41. The zero-order valence-electron chi connectivity index (χ0n) is 21.5. The van der Waals surface area contributed by atoms with Gasteiger partial charge in [0.2, 0.25) is 5.69 Å². The minimum absolute atomic E-state index is 0.145. The second-order valence-electron chi connectivity index (χ2n) is 10.3. The molecule has 0 unspecified atom stereocenters. The summed E-state index contributed by atoms with van der Waals surface area (Å²) in [7, 11) is 2.03. The minimum atomic E-state index is -0.272. The average molecular weight is 487 g/mol. The Labute approximate surface area is 216 Å². The molecule has 2 aromatic heterocycles. The lowest BCUT2D eigenvalue weighted by atomic mass is 9.78. The van der Waals surface area contributed by atoms with Crippen LogP contribution in [0.25, 0.3) is 44.3 Å². The van der Waals surface area contributed by atoms with Crippen LogP contribution in [-0.2, 0) is 12.5 Å². The molecule has 0 atom stereocenters. The van der Waals surface area contributed by atoms with E-state index >= 15 is 0 Å². The Morgan fingerprint density at radius 3 is 2.16 bits per heavy atom. The molecule has 0 aliphatic carbocycles. The van der Waals surface area contributed by atoms with E-state index < -0.39 is 0 Å². The van der Waals surface area contributed by atoms with Gasteiger partial charge in [-0.05, 0) is 47.4 Å². The van der Waals surface area contributed by atoms with Crippen LogP contribution < -0.4 is 4.57 Å². The maximum atomic E-state index is 15.0. The summed E-state index contributed by atoms with van der Waals surface area (Å²) in [5, 5.41) is 1.71. The second-order valence-corrected chi connectivity index (χ2v) is 10.3. The summed E-state index contributed by atoms with van der Waals surface area (Å²) < 4.78 is 23.7. The van der Waals surface area contributed by atoms with E-state index in [-0.39, 0.29) is 11.2 Å². The van der Waals surface area contributed by atoms with Crippen LogP contribution >= 0.6 is 0 Å². The van der Waals surface area contributed by atoms with E-state index in [9.17, 15) is 4.39 Å². The zero-order valence-corrected chi connectivity index (χ0v) is 21.5. The van der Waals surface area contributed by atoms with Crippen molar-refractivity contribution in [1.29, 1.82) is 0 Å². The quantitative estimate of drug-likeness (QED) is 0.228. The summed E-state index contributed by atoms with van der Waals surface area (Å²) in [5.41, 5.74) is 8.69. The van der Waals surface area contributed by atoms with E-state index in [4.69, 9.17) is 4.42 Å². The van der Waals surface area contributed by atoms with E-state index in [2.05, 4.69) is 86.0 Å². The summed E-state index contributed by atoms with van der Waals surface area (Å²) in [4.78, 5) is 0. The van der Waals surface area contributed by atoms with E-state index in [1.54, 1.807) is 12.1 Å². The highest BCUT2D eigenvalue weighted by atomic mass is 19.1. The zero-order chi connectivity index (χ0) is 25.7. The van der Waals surface area contributed by atoms with Crippen LogP contribution in [0.15, 0.2) is 108 Å². The van der Waals surface area contributed by atoms with Crippen molar-refractivity contribution in [2.24, 2.45) is 7.05 Å². The van der Waals surface area contributed by atoms with Gasteiger partial charge < -0.3 is 4.42 Å². The fourth-order valence-electron chi connectivity index (χ4n) is 5.41. The number of hydrogen-bond acceptors (Lipinski definition) is 1. The number of nitrogens with zero attached hydrogens (tertiary/aromatic N) is 1. The van der Waals surface area contributed by atoms with Crippen LogP contribution in [0, 0.1) is 12.7 Å². The number of fused-ring (bicyclic) bond motifs is 3. The molecule has 182 valence electrons. The Morgan fingerprint density at radius 1 is 0.730 bits per heavy atom. The average Bonchev–Trinajstić information content (AvgIpc) is 3.27. The number of aromatic nitrogens is 1. The van der Waals surface area contributed by atoms with Gasteiger partial charge >= 0.3 is 0 Å². The van der Waals surface area contributed by atoms with Crippen molar-refractivity contribution in [3.8, 4) is 22.4 Å². The second kappa shape index (κ2) is 8.70. The topological polar surface area (TPSA) is 17.0 Å². The van der Waals surface area contributed by atoms with E-state index in [1.807, 2.05) is 37.5 Å². The first kappa shape index (κ1) is 23.2. The highest BCUT2D eigenvalue weighted by Gasteiger charge is 2.24. The molecule has 0 fully saturated rings. The van der Waals surface area contributed by atoms with Crippen molar-refractivity contribution in [2.45, 2.75) is 26.2 Å². The molecule has 6 rings (SSSR count). The van der Waals surface area contributed by atoms with Crippen molar-refractivity contribution in [1.82, 2.24) is 0 Å². The summed E-state index contributed by atoms with van der Waals surface area (Å²) in [6.45, 7) is 6.54. The molecule has 2 heterocycles. The molecule has 0 saturated carbocycles. The van der Waals surface area contributed by atoms with Crippen molar-refractivity contribution >= 4 is 21.9 Å². The SMILES string of the molecule is Cc1ccc2c(oc3c(-c4ccc(C(C)(C)c5ccccc5)cc4)cc(F)cc32)c1-c1cccc[n+]1C. The molecule has 37 heavy (non-hydrogen) atoms. The molecular formula is C34H29FNO+. The number of furan rings is 1. The summed E-state index contributed by atoms with van der Waals surface area (Å²) >= 11 is 0. The third-order valence-corrected chi connectivity index (χ3v) is 7.64. The van der Waals surface area contributed by atoms with E-state index in [0.717, 1.165) is 44.3 Å². The van der Waals surface area contributed by atoms with Crippen LogP contribution in [0.4, 0.5) is 4.39 Å². The smallest absolute Gasteiger partial charge is 0.216 e. The van der Waals surface area contributed by atoms with Crippen LogP contribution in [0.1, 0.15) is 30.5 Å². The lowest BCUT2D eigenvalue weighted by molar-refractivity contribution is -0.660. The normalized spacial score (nSPS) is 11.9. The molecular weight excluding hydrogens is 457 g/mol. The van der Waals surface area contributed by atoms with Gasteiger partial charge in [0.05, 0.1) is 5.56 Å². The number of pyridine rings is 1. The van der Waals surface area contributed by atoms with Crippen molar-refractivity contribution in [3.63, 3.8) is 0 Å². The third-order valence-electron chi connectivity index (χ3n) is 7.64. The predicted molar refractivity (Wildman–Crippen MR) is 149 cm³/mol. The van der Waals surface area contributed by atoms with Gasteiger partial charge in [0.1, 0.15) is 24.0 Å². The van der Waals surface area contributed by atoms with Gasteiger partial charge in [-0.2, -0.15) is 0 Å². The number of halogens is 1. The van der Waals surface area contributed by atoms with Gasteiger partial charge in [-0.1, -0.05) is 80.6 Å². The Morgan fingerprint density at radius 2 is 1.43 bits per heavy atom. The monoisotopic (exact) mass is 486 g/mol. The van der Waals surface area contributed by atoms with Crippen molar-refractivity contribution < 1.29 is 13.4 Å². The van der Waals surface area contributed by atoms with Crippen molar-refractivity contribution in [3.05, 3.63) is 126 Å². The van der Waals surface area contributed by atoms with Gasteiger partial charge in [0.15, 0.2) is 6.20 Å². The fraction of sp³-hybridized carbons (Fsp3) is 0.147. The molecule has 0 aliphatic rings. The molecule has 0 bridgehead atoms. The van der Waals surface area contributed by atoms with Crippen LogP contribution in [0.5, 0.6) is 0 Å². The Hall–Kier alpha value is -4.24. The van der Waals surface area contributed by atoms with Gasteiger partial charge in [-0.15, -0.1) is 0 Å². The lowest BCUT2D eigenvalue weighted by Gasteiger charge is -2.26. The molecule has 0 aliphatic heterocycles. The first-order chi connectivity index (χ1) is 17.8. The molecule has 6 aromatic rings. The standard InChI is InChI=1S/C34H29FNO/c1-22-13-18-27-29-21-26(35)20-28(32(29)37-33(27)31(22)30-12-8-9-19-36(30)4)23-14-16-25(17-15-23)34(2,3)24-10-6-5-7-11-24/h5-21H,1-4H3/q+1. The van der Waals surface area contributed by atoms with Gasteiger partial charge in [0.25, 0.3) is 0 Å². The van der Waals surface area contributed by atoms with Crippen LogP contribution in [-0.4, -0.2) is 0 Å². The molecule has 0 spiro atoms. The van der Waals surface area contributed by atoms with Gasteiger partial charge in [-0.25, -0.2) is 8.96 Å². The van der Waals surface area contributed by atoms with E-state index in [1.165, 1.54) is 11.1 Å². The molecule has 0 amide bonds. The van der Waals surface area contributed by atoms with E-state index in [0.29, 0.717) is 5.58 Å². The molecule has 0 saturated heterocycles. The highest BCUT2D eigenvalue weighted by molar-refractivity contribution is 6.13. The van der Waals surface area contributed by atoms with Crippen LogP contribution in [0.2, 0.25) is 0 Å².